The second kappa shape index (κ2) is 7.02. The van der Waals surface area contributed by atoms with Crippen LogP contribution in [0.15, 0.2) is 53.4 Å². The summed E-state index contributed by atoms with van der Waals surface area (Å²) in [6.45, 7) is 2.72. The van der Waals surface area contributed by atoms with E-state index in [1.165, 1.54) is 4.31 Å². The fraction of sp³-hybridized carbons (Fsp3) is 0.294. The van der Waals surface area contributed by atoms with Gasteiger partial charge in [-0.2, -0.15) is 4.31 Å². The maximum Gasteiger partial charge on any atom is 0.243 e. The summed E-state index contributed by atoms with van der Waals surface area (Å²) in [5, 5.41) is 0.844. The van der Waals surface area contributed by atoms with Gasteiger partial charge in [0.05, 0.1) is 27.7 Å². The van der Waals surface area contributed by atoms with E-state index in [0.717, 1.165) is 5.56 Å². The molecule has 1 saturated heterocycles. The summed E-state index contributed by atoms with van der Waals surface area (Å²) in [7, 11) is -3.65. The Balaban J connectivity index is 1.98. The molecule has 0 spiro atoms. The molecule has 1 heterocycles. The Labute approximate surface area is 152 Å². The third kappa shape index (κ3) is 3.76. The van der Waals surface area contributed by atoms with E-state index in [1.54, 1.807) is 48.5 Å². The second-order valence-corrected chi connectivity index (χ2v) is 8.40. The van der Waals surface area contributed by atoms with Crippen LogP contribution < -0.4 is 0 Å². The van der Waals surface area contributed by atoms with Crippen molar-refractivity contribution in [1.82, 2.24) is 4.31 Å². The van der Waals surface area contributed by atoms with Crippen LogP contribution in [0, 0.1) is 0 Å². The number of epoxide rings is 1. The number of rotatable bonds is 6. The van der Waals surface area contributed by atoms with Gasteiger partial charge in [0.15, 0.2) is 0 Å². The second-order valence-electron chi connectivity index (χ2n) is 5.69. The van der Waals surface area contributed by atoms with Gasteiger partial charge in [-0.3, -0.25) is 0 Å². The minimum absolute atomic E-state index is 0.0614. The van der Waals surface area contributed by atoms with E-state index in [4.69, 9.17) is 27.9 Å². The van der Waals surface area contributed by atoms with Crippen molar-refractivity contribution in [3.63, 3.8) is 0 Å². The van der Waals surface area contributed by atoms with Crippen LogP contribution >= 0.6 is 23.2 Å². The molecule has 1 fully saturated rings. The van der Waals surface area contributed by atoms with Gasteiger partial charge in [-0.1, -0.05) is 47.5 Å². The van der Waals surface area contributed by atoms with Crippen molar-refractivity contribution in [3.8, 4) is 0 Å². The molecule has 2 aromatic rings. The Bertz CT molecular complexity index is 823. The van der Waals surface area contributed by atoms with Crippen LogP contribution in [-0.2, 0) is 14.8 Å². The van der Waals surface area contributed by atoms with E-state index in [0.29, 0.717) is 23.2 Å². The van der Waals surface area contributed by atoms with Crippen molar-refractivity contribution in [2.24, 2.45) is 0 Å². The molecule has 2 atom stereocenters. The van der Waals surface area contributed by atoms with E-state index < -0.39 is 16.1 Å². The van der Waals surface area contributed by atoms with Gasteiger partial charge in [-0.25, -0.2) is 8.42 Å². The van der Waals surface area contributed by atoms with E-state index in [9.17, 15) is 8.42 Å². The van der Waals surface area contributed by atoms with E-state index >= 15 is 0 Å². The molecule has 0 radical (unpaired) electrons. The molecule has 0 amide bonds. The lowest BCUT2D eigenvalue weighted by atomic mass is 10.1. The van der Waals surface area contributed by atoms with Crippen LogP contribution in [0.5, 0.6) is 0 Å². The van der Waals surface area contributed by atoms with Gasteiger partial charge in [0.2, 0.25) is 10.0 Å². The monoisotopic (exact) mass is 385 g/mol. The summed E-state index contributed by atoms with van der Waals surface area (Å²) >= 11 is 12.0. The van der Waals surface area contributed by atoms with Gasteiger partial charge in [0.1, 0.15) is 0 Å². The minimum atomic E-state index is -3.65. The van der Waals surface area contributed by atoms with Crippen molar-refractivity contribution >= 4 is 33.2 Å². The van der Waals surface area contributed by atoms with Crippen LogP contribution in [-0.4, -0.2) is 32.0 Å². The highest BCUT2D eigenvalue weighted by Gasteiger charge is 2.36. The summed E-state index contributed by atoms with van der Waals surface area (Å²) < 4.78 is 32.9. The topological polar surface area (TPSA) is 49.9 Å². The van der Waals surface area contributed by atoms with Crippen LogP contribution in [0.25, 0.3) is 0 Å². The molecule has 24 heavy (non-hydrogen) atoms. The standard InChI is InChI=1S/C17H17Cl2NO3S/c1-12(13-7-8-16(18)17(19)9-13)20(10-14-11-23-14)24(21,22)15-5-3-2-4-6-15/h2-9,12,14H,10-11H2,1H3. The molecule has 0 aliphatic carbocycles. The number of nitrogens with zero attached hydrogens (tertiary/aromatic N) is 1. The van der Waals surface area contributed by atoms with Crippen molar-refractivity contribution in [2.45, 2.75) is 24.0 Å². The molecular weight excluding hydrogens is 369 g/mol. The Hall–Kier alpha value is -1.11. The summed E-state index contributed by atoms with van der Waals surface area (Å²) in [5.74, 6) is 0. The normalized spacial score (nSPS) is 18.6. The van der Waals surface area contributed by atoms with Crippen molar-refractivity contribution in [1.29, 1.82) is 0 Å². The summed E-state index contributed by atoms with van der Waals surface area (Å²) in [6.07, 6.45) is -0.0614. The third-order valence-electron chi connectivity index (χ3n) is 3.99. The molecule has 128 valence electrons. The van der Waals surface area contributed by atoms with Gasteiger partial charge in [0, 0.05) is 12.6 Å². The summed E-state index contributed by atoms with van der Waals surface area (Å²) in [5.41, 5.74) is 0.782. The quantitative estimate of drug-likeness (QED) is 0.701. The van der Waals surface area contributed by atoms with E-state index in [-0.39, 0.29) is 11.0 Å². The molecule has 0 bridgehead atoms. The molecule has 7 heteroatoms. The van der Waals surface area contributed by atoms with E-state index in [1.807, 2.05) is 6.92 Å². The molecule has 4 nitrogen and oxygen atoms in total. The maximum absolute atomic E-state index is 13.1. The van der Waals surface area contributed by atoms with Gasteiger partial charge in [-0.15, -0.1) is 0 Å². The number of sulfonamides is 1. The smallest absolute Gasteiger partial charge is 0.243 e. The summed E-state index contributed by atoms with van der Waals surface area (Å²) in [6, 6.07) is 13.2. The predicted molar refractivity (Wildman–Crippen MR) is 95.0 cm³/mol. The first kappa shape index (κ1) is 17.7. The number of benzene rings is 2. The van der Waals surface area contributed by atoms with Crippen molar-refractivity contribution in [2.75, 3.05) is 13.2 Å². The molecule has 2 unspecified atom stereocenters. The minimum Gasteiger partial charge on any atom is -0.372 e. The van der Waals surface area contributed by atoms with Gasteiger partial charge in [0.25, 0.3) is 0 Å². The number of hydrogen-bond acceptors (Lipinski definition) is 3. The lowest BCUT2D eigenvalue weighted by Crippen LogP contribution is -2.36. The first-order valence-corrected chi connectivity index (χ1v) is 9.72. The van der Waals surface area contributed by atoms with Crippen LogP contribution in [0.1, 0.15) is 18.5 Å². The predicted octanol–water partition coefficient (Wildman–Crippen LogP) is 4.14. The molecule has 0 aromatic heterocycles. The Morgan fingerprint density at radius 2 is 1.83 bits per heavy atom. The van der Waals surface area contributed by atoms with Gasteiger partial charge >= 0.3 is 0 Å². The number of hydrogen-bond donors (Lipinski definition) is 0. The first-order chi connectivity index (χ1) is 11.4. The average molecular weight is 386 g/mol. The highest BCUT2D eigenvalue weighted by Crippen LogP contribution is 2.32. The molecule has 3 rings (SSSR count). The lowest BCUT2D eigenvalue weighted by molar-refractivity contribution is 0.295. The molecule has 1 aliphatic rings. The Morgan fingerprint density at radius 1 is 1.17 bits per heavy atom. The highest BCUT2D eigenvalue weighted by atomic mass is 35.5. The highest BCUT2D eigenvalue weighted by molar-refractivity contribution is 7.89. The molecule has 1 aliphatic heterocycles. The van der Waals surface area contributed by atoms with Crippen molar-refractivity contribution < 1.29 is 13.2 Å². The zero-order valence-corrected chi connectivity index (χ0v) is 15.4. The fourth-order valence-electron chi connectivity index (χ4n) is 2.50. The average Bonchev–Trinajstić information content (AvgIpc) is 3.39. The fourth-order valence-corrected chi connectivity index (χ4v) is 4.48. The third-order valence-corrected chi connectivity index (χ3v) is 6.68. The van der Waals surface area contributed by atoms with Crippen molar-refractivity contribution in [3.05, 3.63) is 64.1 Å². The summed E-state index contributed by atoms with van der Waals surface area (Å²) in [4.78, 5) is 0.262. The zero-order chi connectivity index (χ0) is 17.3. The number of ether oxygens (including phenoxy) is 1. The zero-order valence-electron chi connectivity index (χ0n) is 13.0. The largest absolute Gasteiger partial charge is 0.372 e. The molecule has 0 saturated carbocycles. The van der Waals surface area contributed by atoms with E-state index in [2.05, 4.69) is 0 Å². The lowest BCUT2D eigenvalue weighted by Gasteiger charge is -2.28. The molecular formula is C17H17Cl2NO3S. The first-order valence-electron chi connectivity index (χ1n) is 7.53. The van der Waals surface area contributed by atoms with Crippen LogP contribution in [0.4, 0.5) is 0 Å². The van der Waals surface area contributed by atoms with Gasteiger partial charge < -0.3 is 4.74 Å². The van der Waals surface area contributed by atoms with Crippen LogP contribution in [0.2, 0.25) is 10.0 Å². The Morgan fingerprint density at radius 3 is 2.42 bits per heavy atom. The SMILES string of the molecule is CC(c1ccc(Cl)c(Cl)c1)N(CC1CO1)S(=O)(=O)c1ccccc1. The number of halogens is 2. The van der Waals surface area contributed by atoms with Crippen LogP contribution in [0.3, 0.4) is 0 Å². The Kier molecular flexibility index (Phi) is 5.18. The maximum atomic E-state index is 13.1. The van der Waals surface area contributed by atoms with Gasteiger partial charge in [-0.05, 0) is 36.8 Å². The molecule has 0 N–H and O–H groups in total. The molecule has 2 aromatic carbocycles.